The highest BCUT2D eigenvalue weighted by atomic mass is 32.2. The Morgan fingerprint density at radius 1 is 1.82 bits per heavy atom. The molecule has 0 bridgehead atoms. The fraction of sp³-hybridized carbons (Fsp3) is 0.625. The smallest absolute Gasteiger partial charge is 0.316 e. The van der Waals surface area contributed by atoms with E-state index in [-0.39, 0.29) is 5.25 Å². The summed E-state index contributed by atoms with van der Waals surface area (Å²) in [4.78, 5) is 10.5. The number of rotatable bonds is 6. The van der Waals surface area contributed by atoms with Crippen LogP contribution in [0.25, 0.3) is 0 Å². The number of carbonyl (C=O) groups is 1. The van der Waals surface area contributed by atoms with E-state index in [0.29, 0.717) is 6.42 Å². The summed E-state index contributed by atoms with van der Waals surface area (Å²) in [5.74, 6) is 0.149. The van der Waals surface area contributed by atoms with E-state index in [9.17, 15) is 4.79 Å². The first-order valence-electron chi connectivity index (χ1n) is 3.67. The van der Waals surface area contributed by atoms with Crippen molar-refractivity contribution in [1.82, 2.24) is 0 Å². The van der Waals surface area contributed by atoms with Crippen LogP contribution in [0.4, 0.5) is 0 Å². The summed E-state index contributed by atoms with van der Waals surface area (Å²) in [6.07, 6.45) is 3.38. The van der Waals surface area contributed by atoms with Crippen molar-refractivity contribution in [2.75, 3.05) is 5.75 Å². The zero-order valence-electron chi connectivity index (χ0n) is 6.75. The van der Waals surface area contributed by atoms with Crippen molar-refractivity contribution in [2.24, 2.45) is 0 Å². The second-order valence-electron chi connectivity index (χ2n) is 2.18. The Bertz CT molecular complexity index is 134. The summed E-state index contributed by atoms with van der Waals surface area (Å²) in [5.41, 5.74) is 0. The molecule has 0 aliphatic heterocycles. The minimum Gasteiger partial charge on any atom is -0.480 e. The predicted octanol–water partition coefficient (Wildman–Crippen LogP) is 2.16. The Labute approximate surface area is 71.7 Å². The molecule has 0 saturated heterocycles. The van der Waals surface area contributed by atoms with Crippen molar-refractivity contribution in [1.29, 1.82) is 0 Å². The molecule has 2 nitrogen and oxygen atoms in total. The fourth-order valence-electron chi connectivity index (χ4n) is 0.657. The van der Waals surface area contributed by atoms with E-state index < -0.39 is 5.97 Å². The molecule has 0 heterocycles. The molecule has 0 fully saturated rings. The highest BCUT2D eigenvalue weighted by Gasteiger charge is 2.13. The largest absolute Gasteiger partial charge is 0.480 e. The minimum atomic E-state index is -0.707. The summed E-state index contributed by atoms with van der Waals surface area (Å²) in [6.45, 7) is 5.46. The monoisotopic (exact) mass is 174 g/mol. The lowest BCUT2D eigenvalue weighted by Crippen LogP contribution is -2.15. The van der Waals surface area contributed by atoms with Gasteiger partial charge in [0.25, 0.3) is 0 Å². The summed E-state index contributed by atoms with van der Waals surface area (Å²) in [7, 11) is 0. The van der Waals surface area contributed by atoms with E-state index in [1.54, 1.807) is 0 Å². The fourth-order valence-corrected chi connectivity index (χ4v) is 1.62. The van der Waals surface area contributed by atoms with Gasteiger partial charge >= 0.3 is 5.97 Å². The number of hydrogen-bond acceptors (Lipinski definition) is 2. The van der Waals surface area contributed by atoms with Gasteiger partial charge in [-0.25, -0.2) is 0 Å². The van der Waals surface area contributed by atoms with Gasteiger partial charge in [0.1, 0.15) is 5.25 Å². The van der Waals surface area contributed by atoms with Gasteiger partial charge in [-0.05, 0) is 18.6 Å². The number of carboxylic acid groups (broad SMARTS) is 1. The SMILES string of the molecule is C=CCCSC(CC)C(=O)O. The average molecular weight is 174 g/mol. The molecular formula is C8H14O2S. The Hall–Kier alpha value is -0.440. The molecule has 0 spiro atoms. The van der Waals surface area contributed by atoms with Gasteiger partial charge in [-0.3, -0.25) is 4.79 Å². The first-order valence-corrected chi connectivity index (χ1v) is 4.72. The number of allylic oxidation sites excluding steroid dienone is 1. The van der Waals surface area contributed by atoms with Crippen LogP contribution in [0.2, 0.25) is 0 Å². The molecule has 0 aliphatic carbocycles. The summed E-state index contributed by atoms with van der Waals surface area (Å²) < 4.78 is 0. The van der Waals surface area contributed by atoms with Crippen molar-refractivity contribution in [2.45, 2.75) is 25.0 Å². The molecule has 1 N–H and O–H groups in total. The second kappa shape index (κ2) is 6.28. The molecule has 1 unspecified atom stereocenters. The molecule has 0 aromatic carbocycles. The normalized spacial score (nSPS) is 12.5. The van der Waals surface area contributed by atoms with E-state index in [0.717, 1.165) is 12.2 Å². The quantitative estimate of drug-likeness (QED) is 0.495. The van der Waals surface area contributed by atoms with Gasteiger partial charge in [0.2, 0.25) is 0 Å². The molecule has 11 heavy (non-hydrogen) atoms. The first kappa shape index (κ1) is 10.6. The maximum absolute atomic E-state index is 10.5. The van der Waals surface area contributed by atoms with Crippen molar-refractivity contribution in [3.05, 3.63) is 12.7 Å². The van der Waals surface area contributed by atoms with Gasteiger partial charge in [0.15, 0.2) is 0 Å². The van der Waals surface area contributed by atoms with Crippen molar-refractivity contribution < 1.29 is 9.90 Å². The van der Waals surface area contributed by atoms with Gasteiger partial charge in [0, 0.05) is 0 Å². The van der Waals surface area contributed by atoms with Crippen LogP contribution in [0.5, 0.6) is 0 Å². The number of aliphatic carboxylic acids is 1. The van der Waals surface area contributed by atoms with E-state index in [1.165, 1.54) is 11.8 Å². The molecule has 0 radical (unpaired) electrons. The predicted molar refractivity (Wildman–Crippen MR) is 49.0 cm³/mol. The molecule has 3 heteroatoms. The topological polar surface area (TPSA) is 37.3 Å². The molecule has 0 amide bonds. The molecular weight excluding hydrogens is 160 g/mol. The van der Waals surface area contributed by atoms with Gasteiger partial charge in [0.05, 0.1) is 0 Å². The van der Waals surface area contributed by atoms with Gasteiger partial charge in [-0.2, -0.15) is 0 Å². The van der Waals surface area contributed by atoms with Crippen LogP contribution in [0.1, 0.15) is 19.8 Å². The minimum absolute atomic E-state index is 0.241. The zero-order valence-corrected chi connectivity index (χ0v) is 7.56. The number of thioether (sulfide) groups is 1. The number of hydrogen-bond donors (Lipinski definition) is 1. The first-order chi connectivity index (χ1) is 5.22. The van der Waals surface area contributed by atoms with E-state index in [4.69, 9.17) is 5.11 Å². The standard InChI is InChI=1S/C8H14O2S/c1-3-5-6-11-7(4-2)8(9)10/h3,7H,1,4-6H2,2H3,(H,9,10). The third-order valence-electron chi connectivity index (χ3n) is 1.29. The summed E-state index contributed by atoms with van der Waals surface area (Å²) >= 11 is 1.48. The van der Waals surface area contributed by atoms with Crippen LogP contribution in [-0.4, -0.2) is 22.1 Å². The average Bonchev–Trinajstić information content (AvgIpc) is 1.97. The third kappa shape index (κ3) is 4.90. The lowest BCUT2D eigenvalue weighted by atomic mass is 10.3. The lowest BCUT2D eigenvalue weighted by Gasteiger charge is -2.06. The van der Waals surface area contributed by atoms with E-state index in [1.807, 2.05) is 13.0 Å². The maximum Gasteiger partial charge on any atom is 0.316 e. The molecule has 1 atom stereocenters. The Morgan fingerprint density at radius 2 is 2.45 bits per heavy atom. The maximum atomic E-state index is 10.5. The van der Waals surface area contributed by atoms with Crippen LogP contribution in [0, 0.1) is 0 Å². The van der Waals surface area contributed by atoms with Crippen LogP contribution < -0.4 is 0 Å². The molecule has 0 aliphatic rings. The van der Waals surface area contributed by atoms with Crippen LogP contribution in [0.3, 0.4) is 0 Å². The van der Waals surface area contributed by atoms with Crippen LogP contribution >= 0.6 is 11.8 Å². The summed E-state index contributed by atoms with van der Waals surface area (Å²) in [6, 6.07) is 0. The molecule has 0 aromatic heterocycles. The Morgan fingerprint density at radius 3 is 2.82 bits per heavy atom. The highest BCUT2D eigenvalue weighted by molar-refractivity contribution is 8.00. The van der Waals surface area contributed by atoms with Gasteiger partial charge < -0.3 is 5.11 Å². The van der Waals surface area contributed by atoms with Crippen molar-refractivity contribution >= 4 is 17.7 Å². The zero-order chi connectivity index (χ0) is 8.69. The highest BCUT2D eigenvalue weighted by Crippen LogP contribution is 2.15. The van der Waals surface area contributed by atoms with E-state index >= 15 is 0 Å². The third-order valence-corrected chi connectivity index (χ3v) is 2.70. The van der Waals surface area contributed by atoms with Gasteiger partial charge in [-0.15, -0.1) is 18.3 Å². The lowest BCUT2D eigenvalue weighted by molar-refractivity contribution is -0.136. The van der Waals surface area contributed by atoms with Gasteiger partial charge in [-0.1, -0.05) is 13.0 Å². The summed E-state index contributed by atoms with van der Waals surface area (Å²) in [5, 5.41) is 8.39. The second-order valence-corrected chi connectivity index (χ2v) is 3.49. The molecule has 0 rings (SSSR count). The number of carboxylic acids is 1. The molecule has 0 saturated carbocycles. The molecule has 0 aromatic rings. The Kier molecular flexibility index (Phi) is 6.03. The van der Waals surface area contributed by atoms with Crippen molar-refractivity contribution in [3.8, 4) is 0 Å². The Balaban J connectivity index is 3.52. The molecule has 64 valence electrons. The van der Waals surface area contributed by atoms with Crippen LogP contribution in [0.15, 0.2) is 12.7 Å². The van der Waals surface area contributed by atoms with Crippen LogP contribution in [-0.2, 0) is 4.79 Å². The van der Waals surface area contributed by atoms with Crippen molar-refractivity contribution in [3.63, 3.8) is 0 Å². The van der Waals surface area contributed by atoms with E-state index in [2.05, 4.69) is 6.58 Å².